The standard InChI is InChI=1S/C2H6N4S2Te.CH4N2S.4FH/c3-1(4)7-9-8-2(5)6;2-1(3)4;;;;/h(H3,3,4)(H3,5,6);(H4,2,3,4);4*1H. The molecule has 0 unspecified atom stereocenters. The Bertz CT molecular complexity index is 191. The Morgan fingerprint density at radius 2 is 1.06 bits per heavy atom. The minimum atomic E-state index is -0.354. The quantitative estimate of drug-likeness (QED) is 0.0830. The first-order chi connectivity index (χ1) is 5.86. The van der Waals surface area contributed by atoms with Gasteiger partial charge in [0.2, 0.25) is 0 Å². The Hall–Kier alpha value is -0.160. The third-order valence-electron chi connectivity index (χ3n) is 0.260. The van der Waals surface area contributed by atoms with Crippen LogP contribution in [-0.4, -0.2) is 33.6 Å². The molecule has 0 aliphatic carbocycles. The fraction of sp³-hybridized carbons (Fsp3) is 0. The van der Waals surface area contributed by atoms with Gasteiger partial charge in [-0.15, -0.1) is 0 Å². The van der Waals surface area contributed by atoms with Gasteiger partial charge in [-0.1, -0.05) is 0 Å². The summed E-state index contributed by atoms with van der Waals surface area (Å²) in [7, 11) is 2.89. The summed E-state index contributed by atoms with van der Waals surface area (Å²) in [6.07, 6.45) is 0. The molecule has 0 bridgehead atoms. The number of hydrogen-bond donors (Lipinski definition) is 6. The fourth-order valence-electron chi connectivity index (χ4n) is 0.0956. The van der Waals surface area contributed by atoms with Gasteiger partial charge in [0.1, 0.15) is 0 Å². The van der Waals surface area contributed by atoms with Crippen LogP contribution < -0.4 is 43.2 Å². The summed E-state index contributed by atoms with van der Waals surface area (Å²) in [4.78, 5) is 0. The van der Waals surface area contributed by atoms with E-state index < -0.39 is 0 Å². The summed E-state index contributed by atoms with van der Waals surface area (Å²) in [5.74, 6) is 0. The molecule has 0 aliphatic heterocycles. The molecule has 12 N–H and O–H groups in total. The monoisotopic (exact) mass is 436 g/mol. The van der Waals surface area contributed by atoms with Crippen LogP contribution in [0.2, 0.25) is 0 Å². The van der Waals surface area contributed by atoms with Gasteiger partial charge >= 0.3 is 68.8 Å². The van der Waals surface area contributed by atoms with Crippen molar-refractivity contribution >= 4 is 63.8 Å². The van der Waals surface area contributed by atoms with Gasteiger partial charge in [-0.25, -0.2) is 0 Å². The third kappa shape index (κ3) is 89.0. The molecule has 0 amide bonds. The van der Waals surface area contributed by atoms with Crippen LogP contribution in [0.25, 0.3) is 0 Å². The summed E-state index contributed by atoms with van der Waals surface area (Å²) in [6, 6.07) is 0. The van der Waals surface area contributed by atoms with Crippen LogP contribution in [0.4, 0.5) is 9.41 Å². The molecule has 0 rings (SSSR count). The van der Waals surface area contributed by atoms with Gasteiger partial charge in [-0.05, 0) is 12.2 Å². The second-order valence-corrected chi connectivity index (χ2v) is 10.1. The molecule has 108 valence electrons. The van der Waals surface area contributed by atoms with Crippen molar-refractivity contribution in [2.75, 3.05) is 0 Å². The predicted octanol–water partition coefficient (Wildman–Crippen LogP) is -10.4. The average molecular weight is 434 g/mol. The van der Waals surface area contributed by atoms with Crippen molar-refractivity contribution in [1.82, 2.24) is 0 Å². The zero-order valence-corrected chi connectivity index (χ0v) is 12.9. The van der Waals surface area contributed by atoms with Gasteiger partial charge in [0, 0.05) is 0 Å². The van der Waals surface area contributed by atoms with Crippen LogP contribution in [0, 0.1) is 0 Å². The van der Waals surface area contributed by atoms with E-state index in [1.54, 1.807) is 0 Å². The molecular formula is C3H14F4N6S3Te. The van der Waals surface area contributed by atoms with Gasteiger partial charge in [0.15, 0.2) is 5.11 Å². The van der Waals surface area contributed by atoms with E-state index >= 15 is 0 Å². The Balaban J connectivity index is -0.0000000338. The molecule has 17 heavy (non-hydrogen) atoms. The van der Waals surface area contributed by atoms with Crippen LogP contribution in [-0.2, 0) is 0 Å². The first-order valence-electron chi connectivity index (χ1n) is 2.68. The van der Waals surface area contributed by atoms with Crippen LogP contribution in [0.3, 0.4) is 0 Å². The van der Waals surface area contributed by atoms with Crippen molar-refractivity contribution in [3.05, 3.63) is 0 Å². The number of nitrogens with two attached hydrogens (primary N) is 6. The maximum atomic E-state index is 5.16. The second kappa shape index (κ2) is 24.9. The average Bonchev–Trinajstić information content (AvgIpc) is 1.83. The third-order valence-corrected chi connectivity index (χ3v) is 7.98. The number of thiocarbonyl (C=S) groups is 1. The Kier molecular flexibility index (Phi) is 52.6. The summed E-state index contributed by atoms with van der Waals surface area (Å²) in [6.45, 7) is 0. The molecule has 0 heterocycles. The SMILES string of the molecule is F.F.NC(=[NH2+])S[Te]SC(N)=[NH2+].NC(N)=S.[F-].[F-]. The first-order valence-corrected chi connectivity index (χ1v) is 10.3. The van der Waals surface area contributed by atoms with E-state index in [1.807, 2.05) is 0 Å². The fourth-order valence-corrected chi connectivity index (χ4v) is 5.77. The zero-order valence-electron chi connectivity index (χ0n) is 8.17. The molecule has 0 spiro atoms. The Labute approximate surface area is 116 Å². The van der Waals surface area contributed by atoms with Crippen LogP contribution in [0.1, 0.15) is 0 Å². The van der Waals surface area contributed by atoms with E-state index in [1.165, 1.54) is 18.0 Å². The molecular weight excluding hydrogens is 420 g/mol. The predicted molar refractivity (Wildman–Crippen MR) is 69.2 cm³/mol. The van der Waals surface area contributed by atoms with Gasteiger partial charge in [-0.3, -0.25) is 9.41 Å². The van der Waals surface area contributed by atoms with Crippen LogP contribution in [0.5, 0.6) is 0 Å². The molecule has 0 saturated carbocycles. The molecule has 0 saturated heterocycles. The maximum Gasteiger partial charge on any atom is 0.160 e. The molecule has 0 fully saturated rings. The number of amidine groups is 2. The first kappa shape index (κ1) is 36.0. The molecule has 14 heteroatoms. The minimum Gasteiger partial charge on any atom is -1.00 e. The summed E-state index contributed by atoms with van der Waals surface area (Å²) < 4.78 is 0. The van der Waals surface area contributed by atoms with Crippen molar-refractivity contribution in [3.8, 4) is 0 Å². The van der Waals surface area contributed by atoms with E-state index in [0.29, 0.717) is 10.3 Å². The van der Waals surface area contributed by atoms with Gasteiger partial charge in [0.05, 0.1) is 0 Å². The van der Waals surface area contributed by atoms with E-state index in [4.69, 9.17) is 22.3 Å². The van der Waals surface area contributed by atoms with E-state index in [9.17, 15) is 0 Å². The minimum absolute atomic E-state index is 0. The topological polar surface area (TPSA) is 155 Å². The summed E-state index contributed by atoms with van der Waals surface area (Å²) >= 11 is 3.74. The number of rotatable bonds is 2. The molecule has 0 radical (unpaired) electrons. The van der Waals surface area contributed by atoms with E-state index in [-0.39, 0.29) is 42.1 Å². The van der Waals surface area contributed by atoms with Crippen molar-refractivity contribution in [2.45, 2.75) is 0 Å². The summed E-state index contributed by atoms with van der Waals surface area (Å²) in [5.41, 5.74) is 19.6. The molecule has 0 aromatic rings. The normalized spacial score (nSPS) is 6.12. The Morgan fingerprint density at radius 1 is 0.882 bits per heavy atom. The van der Waals surface area contributed by atoms with Gasteiger partial charge in [0.25, 0.3) is 0 Å². The van der Waals surface area contributed by atoms with Crippen molar-refractivity contribution in [2.24, 2.45) is 22.9 Å². The molecule has 0 aliphatic rings. The summed E-state index contributed by atoms with van der Waals surface area (Å²) in [5, 5.41) is 11.1. The molecule has 0 aromatic heterocycles. The van der Waals surface area contributed by atoms with Crippen LogP contribution in [0.15, 0.2) is 0 Å². The molecule has 0 aromatic carbocycles. The van der Waals surface area contributed by atoms with Gasteiger partial charge < -0.3 is 20.9 Å². The molecule has 6 nitrogen and oxygen atoms in total. The second-order valence-electron chi connectivity index (χ2n) is 1.44. The zero-order chi connectivity index (χ0) is 10.9. The van der Waals surface area contributed by atoms with Crippen molar-refractivity contribution < 1.29 is 29.6 Å². The molecule has 0 atom stereocenters. The Morgan fingerprint density at radius 3 is 1.18 bits per heavy atom. The number of hydrogen-bond acceptors (Lipinski definition) is 3. The van der Waals surface area contributed by atoms with Gasteiger partial charge in [-0.2, -0.15) is 0 Å². The van der Waals surface area contributed by atoms with Crippen molar-refractivity contribution in [3.63, 3.8) is 0 Å². The van der Waals surface area contributed by atoms with E-state index in [0.717, 1.165) is 0 Å². The van der Waals surface area contributed by atoms with Crippen molar-refractivity contribution in [1.29, 1.82) is 0 Å². The maximum absolute atomic E-state index is 5.16. The van der Waals surface area contributed by atoms with Crippen LogP contribution >= 0.6 is 30.2 Å². The largest absolute Gasteiger partial charge is 1.00 e. The number of halogens is 4. The smallest absolute Gasteiger partial charge is 0.160 e. The van der Waals surface area contributed by atoms with E-state index in [2.05, 4.69) is 23.7 Å².